The van der Waals surface area contributed by atoms with Crippen molar-refractivity contribution < 1.29 is 34.0 Å². The van der Waals surface area contributed by atoms with E-state index < -0.39 is 48.2 Å². The molecule has 3 heterocycles. The number of hydrogen-bond acceptors (Lipinski definition) is 7. The fourth-order valence-electron chi connectivity index (χ4n) is 7.26. The molecule has 1 aromatic heterocycles. The molecule has 8 heteroatoms. The topological polar surface area (TPSA) is 110 Å². The Labute approximate surface area is 218 Å². The van der Waals surface area contributed by atoms with Crippen LogP contribution in [0.3, 0.4) is 0 Å². The van der Waals surface area contributed by atoms with Crippen LogP contribution in [0.15, 0.2) is 54.5 Å². The molecule has 1 saturated carbocycles. The Morgan fingerprint density at radius 3 is 2.73 bits per heavy atom. The maximum Gasteiger partial charge on any atom is 0.355 e. The molecule has 2 unspecified atom stereocenters. The molecule has 4 aliphatic rings. The molecule has 2 fully saturated rings. The summed E-state index contributed by atoms with van der Waals surface area (Å²) in [7, 11) is 1.62. The zero-order valence-corrected chi connectivity index (χ0v) is 22.2. The molecule has 2 aliphatic carbocycles. The van der Waals surface area contributed by atoms with Crippen LogP contribution in [-0.4, -0.2) is 70.5 Å². The molecule has 0 amide bonds. The number of carbonyl (C=O) groups is 1. The van der Waals surface area contributed by atoms with Crippen LogP contribution in [0.4, 0.5) is 0 Å². The highest BCUT2D eigenvalue weighted by Gasteiger charge is 2.69. The van der Waals surface area contributed by atoms with Crippen molar-refractivity contribution in [1.29, 1.82) is 0 Å². The number of aromatic amines is 1. The zero-order valence-electron chi connectivity index (χ0n) is 22.2. The average Bonchev–Trinajstić information content (AvgIpc) is 3.46. The fourth-order valence-corrected chi connectivity index (χ4v) is 7.26. The molecule has 0 aromatic carbocycles. The smallest absolute Gasteiger partial charge is 0.355 e. The van der Waals surface area contributed by atoms with Gasteiger partial charge in [0.05, 0.1) is 12.2 Å². The van der Waals surface area contributed by atoms with Crippen molar-refractivity contribution in [3.63, 3.8) is 0 Å². The first kappa shape index (κ1) is 26.2. The number of methoxy groups -OCH3 is 1. The summed E-state index contributed by atoms with van der Waals surface area (Å²) in [5.41, 5.74) is 0.522. The minimum Gasteiger partial charge on any atom is -0.489 e. The Bertz CT molecular complexity index is 1080. The van der Waals surface area contributed by atoms with E-state index >= 15 is 0 Å². The minimum atomic E-state index is -0.822. The predicted octanol–water partition coefficient (Wildman–Crippen LogP) is 3.39. The standard InChI is InChI=1S/C29H39NO7/c1-14-12-15(2)29-19(13-22(34-6)18(5)35-25(14)17(4)31)9-10-20-23(29)24(32)16(3)26(27(20)37-29)36-28(33)21-8-7-11-30-21/h7-12,14,16-17,19-20,22-27,30-32H,5,13H2,1-4,6H3/b15-12+/t14-,16-,17?,19?,20-,22+,23+,24-,25+,26-,27-,29+/m1/s1. The van der Waals surface area contributed by atoms with E-state index in [9.17, 15) is 15.0 Å². The molecule has 5 rings (SSSR count). The van der Waals surface area contributed by atoms with E-state index in [0.29, 0.717) is 17.9 Å². The Kier molecular flexibility index (Phi) is 6.90. The maximum absolute atomic E-state index is 12.9. The molecule has 8 nitrogen and oxygen atoms in total. The highest BCUT2D eigenvalue weighted by molar-refractivity contribution is 5.87. The number of nitrogens with one attached hydrogen (secondary N) is 1. The Morgan fingerprint density at radius 1 is 1.32 bits per heavy atom. The van der Waals surface area contributed by atoms with E-state index in [-0.39, 0.29) is 29.6 Å². The number of carbonyl (C=O) groups excluding carboxylic acids is 1. The summed E-state index contributed by atoms with van der Waals surface area (Å²) in [6.07, 6.45) is 5.13. The van der Waals surface area contributed by atoms with Gasteiger partial charge in [0.25, 0.3) is 0 Å². The third-order valence-electron chi connectivity index (χ3n) is 9.07. The van der Waals surface area contributed by atoms with Gasteiger partial charge in [-0.05, 0) is 38.0 Å². The SMILES string of the molecule is C=C1O[C@H](C(C)O)[C@H](C)/C=C(\C)[C@]23O[C@@H]4[C@H](C=CC2C[C@@H]1OC)[C@H]3[C@H](O)[C@@H](C)[C@H]4OC(=O)c1ccc[nH]1. The predicted molar refractivity (Wildman–Crippen MR) is 136 cm³/mol. The van der Waals surface area contributed by atoms with Gasteiger partial charge in [-0.3, -0.25) is 0 Å². The quantitative estimate of drug-likeness (QED) is 0.418. The Hall–Kier alpha value is -2.39. The van der Waals surface area contributed by atoms with Gasteiger partial charge in [0.1, 0.15) is 41.5 Å². The first-order valence-corrected chi connectivity index (χ1v) is 13.2. The third-order valence-corrected chi connectivity index (χ3v) is 9.07. The number of H-pyrrole nitrogens is 1. The van der Waals surface area contributed by atoms with E-state index in [1.807, 2.05) is 20.8 Å². The molecule has 37 heavy (non-hydrogen) atoms. The summed E-state index contributed by atoms with van der Waals surface area (Å²) in [5.74, 6) is -0.941. The number of aliphatic hydroxyl groups excluding tert-OH is 2. The second kappa shape index (κ2) is 9.73. The van der Waals surface area contributed by atoms with E-state index in [1.54, 1.807) is 32.4 Å². The fraction of sp³-hybridized carbons (Fsp3) is 0.621. The van der Waals surface area contributed by atoms with Gasteiger partial charge in [0, 0.05) is 42.9 Å². The van der Waals surface area contributed by atoms with Gasteiger partial charge in [0.15, 0.2) is 0 Å². The van der Waals surface area contributed by atoms with E-state index in [0.717, 1.165) is 5.57 Å². The number of esters is 1. The van der Waals surface area contributed by atoms with Crippen LogP contribution in [-0.2, 0) is 18.9 Å². The third kappa shape index (κ3) is 4.09. The number of ether oxygens (including phenoxy) is 4. The maximum atomic E-state index is 12.9. The van der Waals surface area contributed by atoms with Gasteiger partial charge in [-0.1, -0.05) is 38.7 Å². The first-order valence-electron chi connectivity index (χ1n) is 13.2. The lowest BCUT2D eigenvalue weighted by molar-refractivity contribution is -0.108. The van der Waals surface area contributed by atoms with Crippen molar-refractivity contribution in [1.82, 2.24) is 4.98 Å². The van der Waals surface area contributed by atoms with Gasteiger partial charge in [-0.25, -0.2) is 4.79 Å². The zero-order chi connectivity index (χ0) is 26.6. The van der Waals surface area contributed by atoms with Gasteiger partial charge in [-0.2, -0.15) is 0 Å². The minimum absolute atomic E-state index is 0.113. The van der Waals surface area contributed by atoms with Crippen LogP contribution < -0.4 is 0 Å². The number of aliphatic hydroxyl groups is 2. The van der Waals surface area contributed by atoms with Crippen molar-refractivity contribution in [2.75, 3.05) is 7.11 Å². The molecule has 12 atom stereocenters. The molecular weight excluding hydrogens is 474 g/mol. The molecule has 1 aromatic rings. The van der Waals surface area contributed by atoms with E-state index in [2.05, 4.69) is 29.8 Å². The number of rotatable bonds is 4. The van der Waals surface area contributed by atoms with Crippen LogP contribution in [0, 0.1) is 29.6 Å². The van der Waals surface area contributed by atoms with Crippen LogP contribution in [0.1, 0.15) is 44.6 Å². The van der Waals surface area contributed by atoms with Crippen molar-refractivity contribution in [3.8, 4) is 0 Å². The normalized spacial score (nSPS) is 45.3. The lowest BCUT2D eigenvalue weighted by Crippen LogP contribution is -2.57. The van der Waals surface area contributed by atoms with Gasteiger partial charge >= 0.3 is 5.97 Å². The average molecular weight is 514 g/mol. The van der Waals surface area contributed by atoms with E-state index in [4.69, 9.17) is 18.9 Å². The molecule has 3 N–H and O–H groups in total. The van der Waals surface area contributed by atoms with Crippen molar-refractivity contribution >= 4 is 5.97 Å². The van der Waals surface area contributed by atoms with Crippen LogP contribution in [0.2, 0.25) is 0 Å². The number of hydrogen-bond donors (Lipinski definition) is 3. The Morgan fingerprint density at radius 2 is 2.08 bits per heavy atom. The monoisotopic (exact) mass is 513 g/mol. The largest absolute Gasteiger partial charge is 0.489 e. The van der Waals surface area contributed by atoms with Gasteiger partial charge in [-0.15, -0.1) is 0 Å². The molecule has 202 valence electrons. The molecule has 1 saturated heterocycles. The molecule has 0 radical (unpaired) electrons. The molecular formula is C29H39NO7. The van der Waals surface area contributed by atoms with Crippen LogP contribution in [0.5, 0.6) is 0 Å². The highest BCUT2D eigenvalue weighted by atomic mass is 16.6. The summed E-state index contributed by atoms with van der Waals surface area (Å²) in [6, 6.07) is 3.42. The summed E-state index contributed by atoms with van der Waals surface area (Å²) in [6.45, 7) is 11.8. The first-order chi connectivity index (χ1) is 17.6. The van der Waals surface area contributed by atoms with Gasteiger partial charge in [0.2, 0.25) is 0 Å². The molecule has 2 aliphatic heterocycles. The van der Waals surface area contributed by atoms with Gasteiger partial charge < -0.3 is 34.1 Å². The lowest BCUT2D eigenvalue weighted by Gasteiger charge is -2.49. The van der Waals surface area contributed by atoms with Crippen molar-refractivity contribution in [2.45, 2.75) is 76.3 Å². The summed E-state index contributed by atoms with van der Waals surface area (Å²) >= 11 is 0. The highest BCUT2D eigenvalue weighted by Crippen LogP contribution is 2.61. The second-order valence-corrected chi connectivity index (χ2v) is 11.2. The second-order valence-electron chi connectivity index (χ2n) is 11.2. The Balaban J connectivity index is 1.58. The molecule has 4 bridgehead atoms. The number of aromatic nitrogens is 1. The van der Waals surface area contributed by atoms with Crippen LogP contribution in [0.25, 0.3) is 0 Å². The lowest BCUT2D eigenvalue weighted by atomic mass is 9.57. The van der Waals surface area contributed by atoms with E-state index in [1.165, 1.54) is 0 Å². The summed E-state index contributed by atoms with van der Waals surface area (Å²) in [5, 5.41) is 22.3. The van der Waals surface area contributed by atoms with Crippen LogP contribution >= 0.6 is 0 Å². The summed E-state index contributed by atoms with van der Waals surface area (Å²) < 4.78 is 25.0. The summed E-state index contributed by atoms with van der Waals surface area (Å²) in [4.78, 5) is 15.8. The van der Waals surface area contributed by atoms with Crippen molar-refractivity contribution in [2.24, 2.45) is 29.6 Å². The molecule has 1 spiro atoms. The van der Waals surface area contributed by atoms with Crippen molar-refractivity contribution in [3.05, 3.63) is 60.2 Å².